The number of rotatable bonds is 23. The van der Waals surface area contributed by atoms with Crippen molar-refractivity contribution in [2.24, 2.45) is 5.41 Å². The zero-order valence-corrected chi connectivity index (χ0v) is 48.7. The summed E-state index contributed by atoms with van der Waals surface area (Å²) in [6.07, 6.45) is 5.53. The highest BCUT2D eigenvalue weighted by atomic mass is 35.5. The predicted molar refractivity (Wildman–Crippen MR) is 302 cm³/mol. The molecule has 1 N–H and O–H groups in total. The van der Waals surface area contributed by atoms with Crippen LogP contribution >= 0.6 is 31.0 Å². The van der Waals surface area contributed by atoms with E-state index in [0.29, 0.717) is 39.1 Å². The first-order valence-electron chi connectivity index (χ1n) is 25.4. The topological polar surface area (TPSA) is 183 Å². The summed E-state index contributed by atoms with van der Waals surface area (Å²) in [7, 11) is -16.4. The molecule has 2 fully saturated rings. The Morgan fingerprint density at radius 1 is 0.800 bits per heavy atom. The summed E-state index contributed by atoms with van der Waals surface area (Å²) >= 11 is 7.63. The number of halogens is 1. The molecule has 0 saturated carbocycles. The summed E-state index contributed by atoms with van der Waals surface area (Å²) in [5.74, 6) is -0.674. The van der Waals surface area contributed by atoms with Crippen molar-refractivity contribution in [3.63, 3.8) is 0 Å². The van der Waals surface area contributed by atoms with E-state index in [9.17, 15) is 34.6 Å². The van der Waals surface area contributed by atoms with Crippen LogP contribution in [-0.2, 0) is 43.5 Å². The molecular formula is C53H72ClN6O10PS4. The van der Waals surface area contributed by atoms with Gasteiger partial charge in [-0.15, -0.1) is 11.8 Å². The summed E-state index contributed by atoms with van der Waals surface area (Å²) in [4.78, 5) is 22.3. The van der Waals surface area contributed by atoms with Crippen molar-refractivity contribution in [1.82, 2.24) is 19.4 Å². The van der Waals surface area contributed by atoms with Gasteiger partial charge in [0.1, 0.15) is 6.29 Å². The number of amides is 1. The van der Waals surface area contributed by atoms with Gasteiger partial charge in [0, 0.05) is 98.6 Å². The molecule has 4 aromatic carbocycles. The number of allylic oxidation sites excluding steroid dienone is 1. The third-order valence-electron chi connectivity index (χ3n) is 13.9. The SMILES string of the molecule is CCOP(=O)(CN1CCN(CC[C@H](CSc2ccccc2)N(c2ccc(S(=O)(=O)NC(=O)c3ccc(N4CCN(CC5=C(c6ccc(Cl)cc6)CCC(C)(C)C5)CC4)cc3)cc2S(C)(=O)=O)S(C)(=O)=O)CC1)OCC. The second-order valence-electron chi connectivity index (χ2n) is 20.2. The molecule has 1 aliphatic carbocycles. The Bertz CT molecular complexity index is 3020. The first-order chi connectivity index (χ1) is 35.5. The van der Waals surface area contributed by atoms with E-state index in [0.717, 1.165) is 96.5 Å². The molecular weight excluding hydrogens is 1080 g/mol. The van der Waals surface area contributed by atoms with Gasteiger partial charge in [-0.2, -0.15) is 0 Å². The number of anilines is 2. The van der Waals surface area contributed by atoms with Crippen molar-refractivity contribution in [3.8, 4) is 0 Å². The standard InChI is InChI=1S/C53H72ClN6O10PS4/c1-7-69-71(62,70-8-2)40-58-30-28-56(29-31-58)27-25-46(39-72-47-12-10-9-11-13-47)60(74(6,65)66)50-23-22-48(36-51(50)73(5,63)64)75(67,68)55-52(61)42-16-20-45(21-17-42)59-34-32-57(33-35-59)38-43-37-53(3,4)26-24-49(43)41-14-18-44(54)19-15-41/h9-23,36,46H,7-8,24-35,37-40H2,1-6H3,(H,55,61)/t46-/m1/s1. The lowest BCUT2D eigenvalue weighted by Crippen LogP contribution is -2.49. The monoisotopic (exact) mass is 1150 g/mol. The van der Waals surface area contributed by atoms with Gasteiger partial charge in [0.05, 0.1) is 41.0 Å². The molecule has 4 aromatic rings. The van der Waals surface area contributed by atoms with Crippen LogP contribution in [0.25, 0.3) is 5.57 Å². The number of thioether (sulfide) groups is 1. The highest BCUT2D eigenvalue weighted by Crippen LogP contribution is 2.49. The molecule has 1 atom stereocenters. The van der Waals surface area contributed by atoms with Crippen LogP contribution in [0.3, 0.4) is 0 Å². The van der Waals surface area contributed by atoms with E-state index in [1.807, 2.05) is 47.4 Å². The number of sulfone groups is 1. The van der Waals surface area contributed by atoms with E-state index >= 15 is 0 Å². The maximum Gasteiger partial charge on any atom is 0.344 e. The fraction of sp³-hybridized carbons (Fsp3) is 0.491. The summed E-state index contributed by atoms with van der Waals surface area (Å²) < 4.78 is 110. The summed E-state index contributed by atoms with van der Waals surface area (Å²) in [5.41, 5.74) is 5.11. The Balaban J connectivity index is 1.03. The average Bonchev–Trinajstić information content (AvgIpc) is 3.35. The lowest BCUT2D eigenvalue weighted by molar-refractivity contribution is 0.0981. The average molecular weight is 1150 g/mol. The van der Waals surface area contributed by atoms with Crippen LogP contribution in [0.5, 0.6) is 0 Å². The van der Waals surface area contributed by atoms with Crippen LogP contribution in [0.1, 0.15) is 69.3 Å². The van der Waals surface area contributed by atoms with Gasteiger partial charge in [-0.1, -0.05) is 61.4 Å². The van der Waals surface area contributed by atoms with Crippen molar-refractivity contribution in [2.75, 3.05) is 112 Å². The van der Waals surface area contributed by atoms with E-state index in [-0.39, 0.29) is 41.9 Å². The Labute approximate surface area is 454 Å². The first-order valence-corrected chi connectivity index (χ1v) is 33.7. The second kappa shape index (κ2) is 25.3. The Hall–Kier alpha value is -3.79. The summed E-state index contributed by atoms with van der Waals surface area (Å²) in [5, 5.41) is 0.724. The van der Waals surface area contributed by atoms with Gasteiger partial charge >= 0.3 is 7.60 Å². The van der Waals surface area contributed by atoms with Crippen LogP contribution < -0.4 is 13.9 Å². The Morgan fingerprint density at radius 2 is 1.41 bits per heavy atom. The minimum Gasteiger partial charge on any atom is -0.369 e. The van der Waals surface area contributed by atoms with E-state index in [1.165, 1.54) is 34.5 Å². The zero-order valence-electron chi connectivity index (χ0n) is 43.8. The van der Waals surface area contributed by atoms with E-state index in [4.69, 9.17) is 20.6 Å². The number of nitrogens with one attached hydrogen (secondary N) is 1. The smallest absolute Gasteiger partial charge is 0.344 e. The molecule has 2 aliphatic heterocycles. The highest BCUT2D eigenvalue weighted by Gasteiger charge is 2.35. The second-order valence-corrected chi connectivity index (χ2v) is 29.3. The molecule has 0 bridgehead atoms. The number of benzene rings is 4. The van der Waals surface area contributed by atoms with Crippen LogP contribution in [0.2, 0.25) is 5.02 Å². The number of hydrogen-bond acceptors (Lipinski definition) is 15. The van der Waals surface area contributed by atoms with Gasteiger partial charge in [-0.05, 0) is 123 Å². The molecule has 0 unspecified atom stereocenters. The van der Waals surface area contributed by atoms with Gasteiger partial charge in [0.15, 0.2) is 9.84 Å². The van der Waals surface area contributed by atoms with Crippen molar-refractivity contribution in [2.45, 2.75) is 74.1 Å². The number of carbonyl (C=O) groups excluding carboxylic acids is 1. The normalized spacial score (nSPS) is 18.0. The number of carbonyl (C=O) groups is 1. The van der Waals surface area contributed by atoms with Crippen molar-refractivity contribution in [3.05, 3.63) is 119 Å². The molecule has 16 nitrogen and oxygen atoms in total. The van der Waals surface area contributed by atoms with Gasteiger partial charge in [0.2, 0.25) is 10.0 Å². The summed E-state index contributed by atoms with van der Waals surface area (Å²) in [6, 6.07) is 26.7. The maximum atomic E-state index is 13.9. The zero-order chi connectivity index (χ0) is 54.2. The fourth-order valence-corrected chi connectivity index (χ4v) is 16.4. The molecule has 22 heteroatoms. The molecule has 2 heterocycles. The molecule has 0 spiro atoms. The Kier molecular flexibility index (Phi) is 19.9. The van der Waals surface area contributed by atoms with Crippen molar-refractivity contribution >= 4 is 83.7 Å². The molecule has 2 saturated heterocycles. The van der Waals surface area contributed by atoms with Crippen molar-refractivity contribution < 1.29 is 43.7 Å². The third-order valence-corrected chi connectivity index (χ3v) is 21.0. The van der Waals surface area contributed by atoms with Crippen LogP contribution in [-0.4, -0.2) is 155 Å². The van der Waals surface area contributed by atoms with Gasteiger partial charge in [0.25, 0.3) is 15.9 Å². The predicted octanol–water partition coefficient (Wildman–Crippen LogP) is 8.81. The van der Waals surface area contributed by atoms with Gasteiger partial charge in [-0.25, -0.2) is 30.0 Å². The minimum absolute atomic E-state index is 0.0851. The molecule has 75 heavy (non-hydrogen) atoms. The van der Waals surface area contributed by atoms with Gasteiger partial charge < -0.3 is 18.8 Å². The van der Waals surface area contributed by atoms with Crippen molar-refractivity contribution in [1.29, 1.82) is 0 Å². The number of hydrogen-bond donors (Lipinski definition) is 1. The maximum absolute atomic E-state index is 13.9. The third kappa shape index (κ3) is 16.2. The lowest BCUT2D eigenvalue weighted by Gasteiger charge is -2.39. The number of sulfonamides is 2. The Morgan fingerprint density at radius 3 is 2.01 bits per heavy atom. The van der Waals surface area contributed by atoms with Crippen LogP contribution in [0.4, 0.5) is 11.4 Å². The van der Waals surface area contributed by atoms with Crippen LogP contribution in [0.15, 0.2) is 117 Å². The quantitative estimate of drug-likeness (QED) is 0.0549. The molecule has 3 aliphatic rings. The van der Waals surface area contributed by atoms with Crippen LogP contribution in [0, 0.1) is 5.41 Å². The largest absolute Gasteiger partial charge is 0.369 e. The summed E-state index contributed by atoms with van der Waals surface area (Å²) in [6.45, 7) is 15.6. The number of nitrogens with zero attached hydrogens (tertiary/aromatic N) is 5. The fourth-order valence-electron chi connectivity index (χ4n) is 10.1. The molecule has 0 aromatic heterocycles. The highest BCUT2D eigenvalue weighted by molar-refractivity contribution is 7.99. The first kappa shape index (κ1) is 58.9. The van der Waals surface area contributed by atoms with E-state index in [2.05, 4.69) is 45.4 Å². The molecule has 7 rings (SSSR count). The van der Waals surface area contributed by atoms with Gasteiger partial charge in [-0.3, -0.25) is 23.5 Å². The molecule has 0 radical (unpaired) electrons. The number of piperazine rings is 2. The minimum atomic E-state index is -4.67. The molecule has 410 valence electrons. The van der Waals surface area contributed by atoms with E-state index < -0.39 is 59.2 Å². The lowest BCUT2D eigenvalue weighted by atomic mass is 9.73. The van der Waals surface area contributed by atoms with E-state index in [1.54, 1.807) is 38.1 Å². The molecule has 1 amide bonds.